The van der Waals surface area contributed by atoms with Crippen LogP contribution in [0.2, 0.25) is 0 Å². The van der Waals surface area contributed by atoms with Crippen molar-refractivity contribution in [2.45, 2.75) is 12.8 Å². The molecule has 0 bridgehead atoms. The molecule has 1 aromatic heterocycles. The molecule has 1 amide bonds. The first-order valence-electron chi connectivity index (χ1n) is 7.49. The van der Waals surface area contributed by atoms with Gasteiger partial charge in [-0.05, 0) is 18.2 Å². The van der Waals surface area contributed by atoms with Crippen molar-refractivity contribution >= 4 is 27.5 Å². The Bertz CT molecular complexity index is 780. The molecule has 0 spiro atoms. The molecule has 0 aliphatic heterocycles. The molecule has 0 saturated heterocycles. The van der Waals surface area contributed by atoms with E-state index in [-0.39, 0.29) is 5.91 Å². The number of amides is 1. The van der Waals surface area contributed by atoms with Crippen molar-refractivity contribution in [3.8, 4) is 5.75 Å². The number of thiazole rings is 1. The predicted molar refractivity (Wildman–Crippen MR) is 93.0 cm³/mol. The highest BCUT2D eigenvalue weighted by atomic mass is 32.1. The van der Waals surface area contributed by atoms with Crippen LogP contribution in [-0.4, -0.2) is 24.5 Å². The minimum Gasteiger partial charge on any atom is -0.496 e. The summed E-state index contributed by atoms with van der Waals surface area (Å²) >= 11 is 1.68. The lowest BCUT2D eigenvalue weighted by molar-refractivity contribution is -0.120. The first-order chi connectivity index (χ1) is 11.3. The van der Waals surface area contributed by atoms with E-state index in [0.29, 0.717) is 13.0 Å². The van der Waals surface area contributed by atoms with E-state index in [9.17, 15) is 4.79 Å². The largest absolute Gasteiger partial charge is 0.496 e. The van der Waals surface area contributed by atoms with E-state index >= 15 is 0 Å². The Balaban J connectivity index is 1.53. The van der Waals surface area contributed by atoms with Crippen LogP contribution in [0.1, 0.15) is 10.6 Å². The Hall–Kier alpha value is -2.40. The number of carbonyl (C=O) groups is 1. The Morgan fingerprint density at radius 2 is 1.96 bits per heavy atom. The van der Waals surface area contributed by atoms with Gasteiger partial charge in [0, 0.05) is 18.5 Å². The number of ether oxygens (including phenoxy) is 1. The van der Waals surface area contributed by atoms with E-state index in [1.54, 1.807) is 18.4 Å². The summed E-state index contributed by atoms with van der Waals surface area (Å²) in [7, 11) is 1.61. The van der Waals surface area contributed by atoms with E-state index in [4.69, 9.17) is 4.74 Å². The third-order valence-corrected chi connectivity index (χ3v) is 4.64. The molecule has 5 heteroatoms. The minimum absolute atomic E-state index is 0.00406. The maximum atomic E-state index is 12.1. The fraction of sp³-hybridized carbons (Fsp3) is 0.222. The van der Waals surface area contributed by atoms with Crippen molar-refractivity contribution in [2.24, 2.45) is 0 Å². The van der Waals surface area contributed by atoms with Crippen LogP contribution in [0.5, 0.6) is 5.75 Å². The molecule has 2 aromatic carbocycles. The molecule has 0 atom stereocenters. The van der Waals surface area contributed by atoms with Gasteiger partial charge in [-0.25, -0.2) is 4.98 Å². The molecule has 118 valence electrons. The van der Waals surface area contributed by atoms with Crippen molar-refractivity contribution in [3.63, 3.8) is 0 Å². The number of nitrogens with one attached hydrogen (secondary N) is 1. The highest BCUT2D eigenvalue weighted by molar-refractivity contribution is 7.18. The average molecular weight is 326 g/mol. The van der Waals surface area contributed by atoms with Gasteiger partial charge < -0.3 is 10.1 Å². The second-order valence-electron chi connectivity index (χ2n) is 5.16. The van der Waals surface area contributed by atoms with E-state index < -0.39 is 0 Å². The van der Waals surface area contributed by atoms with E-state index in [0.717, 1.165) is 28.3 Å². The van der Waals surface area contributed by atoms with E-state index in [1.165, 1.54) is 4.70 Å². The van der Waals surface area contributed by atoms with Gasteiger partial charge in [0.15, 0.2) is 0 Å². The monoisotopic (exact) mass is 326 g/mol. The number of fused-ring (bicyclic) bond motifs is 1. The lowest BCUT2D eigenvalue weighted by Crippen LogP contribution is -2.27. The van der Waals surface area contributed by atoms with Gasteiger partial charge in [-0.3, -0.25) is 4.79 Å². The fourth-order valence-electron chi connectivity index (χ4n) is 2.42. The van der Waals surface area contributed by atoms with E-state index in [1.807, 2.05) is 42.5 Å². The van der Waals surface area contributed by atoms with Crippen LogP contribution in [-0.2, 0) is 17.6 Å². The lowest BCUT2D eigenvalue weighted by Gasteiger charge is -2.08. The third kappa shape index (κ3) is 3.87. The minimum atomic E-state index is -0.00406. The fourth-order valence-corrected chi connectivity index (χ4v) is 3.39. The van der Waals surface area contributed by atoms with Gasteiger partial charge in [-0.1, -0.05) is 30.3 Å². The van der Waals surface area contributed by atoms with Gasteiger partial charge >= 0.3 is 0 Å². The zero-order valence-electron chi connectivity index (χ0n) is 12.9. The first-order valence-corrected chi connectivity index (χ1v) is 8.31. The smallest absolute Gasteiger partial charge is 0.224 e. The second-order valence-corrected chi connectivity index (χ2v) is 6.28. The molecule has 1 heterocycles. The number of aromatic nitrogens is 1. The zero-order chi connectivity index (χ0) is 16.1. The van der Waals surface area contributed by atoms with Crippen LogP contribution in [0, 0.1) is 0 Å². The summed E-state index contributed by atoms with van der Waals surface area (Å²) in [5, 5.41) is 3.99. The molecule has 23 heavy (non-hydrogen) atoms. The number of rotatable bonds is 6. The summed E-state index contributed by atoms with van der Waals surface area (Å²) in [6.45, 7) is 0.591. The van der Waals surface area contributed by atoms with Crippen LogP contribution >= 0.6 is 11.3 Å². The second kappa shape index (κ2) is 7.24. The summed E-state index contributed by atoms with van der Waals surface area (Å²) in [6.07, 6.45) is 1.07. The van der Waals surface area contributed by atoms with Crippen LogP contribution in [0.15, 0.2) is 48.5 Å². The number of carbonyl (C=O) groups excluding carboxylic acids is 1. The van der Waals surface area contributed by atoms with Crippen molar-refractivity contribution in [1.29, 1.82) is 0 Å². The lowest BCUT2D eigenvalue weighted by atomic mass is 10.1. The van der Waals surface area contributed by atoms with Crippen molar-refractivity contribution in [1.82, 2.24) is 10.3 Å². The summed E-state index contributed by atoms with van der Waals surface area (Å²) in [5.41, 5.74) is 1.92. The van der Waals surface area contributed by atoms with Gasteiger partial charge in [-0.2, -0.15) is 0 Å². The van der Waals surface area contributed by atoms with Crippen LogP contribution < -0.4 is 10.1 Å². The zero-order valence-corrected chi connectivity index (χ0v) is 13.7. The van der Waals surface area contributed by atoms with Gasteiger partial charge in [0.2, 0.25) is 5.91 Å². The SMILES string of the molecule is COc1ccccc1CC(=O)NCCc1nc2ccccc2s1. The average Bonchev–Trinajstić information content (AvgIpc) is 2.98. The van der Waals surface area contributed by atoms with E-state index in [2.05, 4.69) is 16.4 Å². The maximum Gasteiger partial charge on any atom is 0.224 e. The third-order valence-electron chi connectivity index (χ3n) is 3.54. The number of nitrogens with zero attached hydrogens (tertiary/aromatic N) is 1. The molecule has 1 N–H and O–H groups in total. The Kier molecular flexibility index (Phi) is 4.88. The van der Waals surface area contributed by atoms with Crippen molar-refractivity contribution in [3.05, 3.63) is 59.1 Å². The van der Waals surface area contributed by atoms with Crippen molar-refractivity contribution < 1.29 is 9.53 Å². The van der Waals surface area contributed by atoms with Crippen LogP contribution in [0.25, 0.3) is 10.2 Å². The van der Waals surface area contributed by atoms with Gasteiger partial charge in [0.1, 0.15) is 5.75 Å². The highest BCUT2D eigenvalue weighted by Crippen LogP contribution is 2.21. The molecule has 3 rings (SSSR count). The van der Waals surface area contributed by atoms with Gasteiger partial charge in [0.25, 0.3) is 0 Å². The Morgan fingerprint density at radius 3 is 2.78 bits per heavy atom. The predicted octanol–water partition coefficient (Wildman–Crippen LogP) is 3.21. The molecule has 0 aliphatic rings. The molecular weight excluding hydrogens is 308 g/mol. The van der Waals surface area contributed by atoms with Crippen LogP contribution in [0.4, 0.5) is 0 Å². The Morgan fingerprint density at radius 1 is 1.17 bits per heavy atom. The molecule has 4 nitrogen and oxygen atoms in total. The molecule has 0 aliphatic carbocycles. The van der Waals surface area contributed by atoms with Gasteiger partial charge in [-0.15, -0.1) is 11.3 Å². The molecule has 0 saturated carbocycles. The number of hydrogen-bond donors (Lipinski definition) is 1. The highest BCUT2D eigenvalue weighted by Gasteiger charge is 2.08. The molecule has 0 radical (unpaired) electrons. The molecular formula is C18H18N2O2S. The number of methoxy groups -OCH3 is 1. The van der Waals surface area contributed by atoms with Gasteiger partial charge in [0.05, 0.1) is 28.8 Å². The summed E-state index contributed by atoms with van der Waals surface area (Å²) < 4.78 is 6.45. The number of hydrogen-bond acceptors (Lipinski definition) is 4. The molecule has 0 fully saturated rings. The quantitative estimate of drug-likeness (QED) is 0.757. The number of para-hydroxylation sites is 2. The summed E-state index contributed by atoms with van der Waals surface area (Å²) in [4.78, 5) is 16.6. The summed E-state index contributed by atoms with van der Waals surface area (Å²) in [5.74, 6) is 0.740. The summed E-state index contributed by atoms with van der Waals surface area (Å²) in [6, 6.07) is 15.7. The topological polar surface area (TPSA) is 51.2 Å². The first kappa shape index (κ1) is 15.5. The molecule has 0 unspecified atom stereocenters. The van der Waals surface area contributed by atoms with Crippen LogP contribution in [0.3, 0.4) is 0 Å². The van der Waals surface area contributed by atoms with Crippen molar-refractivity contribution in [2.75, 3.05) is 13.7 Å². The Labute approximate surface area is 139 Å². The molecule has 3 aromatic rings. The number of benzene rings is 2. The standard InChI is InChI=1S/C18H18N2O2S/c1-22-15-8-4-2-6-13(15)12-17(21)19-11-10-18-20-14-7-3-5-9-16(14)23-18/h2-9H,10-12H2,1H3,(H,19,21). The maximum absolute atomic E-state index is 12.1. The normalized spacial score (nSPS) is 10.7.